The van der Waals surface area contributed by atoms with Gasteiger partial charge in [-0.3, -0.25) is 0 Å². The Morgan fingerprint density at radius 2 is 1.58 bits per heavy atom. The largest absolute Gasteiger partial charge is 0.496 e. The fraction of sp³-hybridized carbons (Fsp3) is 0.440. The summed E-state index contributed by atoms with van der Waals surface area (Å²) in [5, 5.41) is 6.47. The van der Waals surface area contributed by atoms with E-state index in [1.54, 1.807) is 7.11 Å². The molecule has 1 aliphatic rings. The predicted molar refractivity (Wildman–Crippen MR) is 134 cm³/mol. The number of alkyl halides is 6. The lowest BCUT2D eigenvalue weighted by molar-refractivity contribution is -0.143. The SMILES string of the molecule is C=C(NCC1CCC(NCc2ccc(OI)cc2OC)CC1)c1cc(C(F)(F)F)cc(C(F)(F)F)c1. The Morgan fingerprint density at radius 3 is 2.11 bits per heavy atom. The molecule has 0 heterocycles. The summed E-state index contributed by atoms with van der Waals surface area (Å²) in [6, 6.07) is 7.43. The fourth-order valence-electron chi connectivity index (χ4n) is 4.24. The number of methoxy groups -OCH3 is 1. The monoisotopic (exact) mass is 628 g/mol. The first-order valence-electron chi connectivity index (χ1n) is 11.3. The summed E-state index contributed by atoms with van der Waals surface area (Å²) >= 11 is 1.81. The van der Waals surface area contributed by atoms with Crippen molar-refractivity contribution in [3.8, 4) is 11.5 Å². The molecule has 3 rings (SSSR count). The predicted octanol–water partition coefficient (Wildman–Crippen LogP) is 7.37. The molecule has 0 amide bonds. The number of rotatable bonds is 9. The molecule has 1 fully saturated rings. The van der Waals surface area contributed by atoms with Gasteiger partial charge in [0.2, 0.25) is 0 Å². The van der Waals surface area contributed by atoms with Gasteiger partial charge in [0.25, 0.3) is 0 Å². The van der Waals surface area contributed by atoms with Crippen LogP contribution in [0.1, 0.15) is 47.9 Å². The molecule has 0 spiro atoms. The Morgan fingerprint density at radius 1 is 0.972 bits per heavy atom. The molecular weight excluding hydrogens is 601 g/mol. The third kappa shape index (κ3) is 7.67. The lowest BCUT2D eigenvalue weighted by Gasteiger charge is -2.30. The van der Waals surface area contributed by atoms with Gasteiger partial charge in [0.05, 0.1) is 18.2 Å². The van der Waals surface area contributed by atoms with Gasteiger partial charge >= 0.3 is 12.4 Å². The quantitative estimate of drug-likeness (QED) is 0.225. The maximum Gasteiger partial charge on any atom is 0.416 e. The van der Waals surface area contributed by atoms with Crippen molar-refractivity contribution in [3.05, 3.63) is 65.2 Å². The summed E-state index contributed by atoms with van der Waals surface area (Å²) in [5.74, 6) is 1.67. The number of hydrogen-bond acceptors (Lipinski definition) is 4. The topological polar surface area (TPSA) is 42.5 Å². The molecule has 0 unspecified atom stereocenters. The smallest absolute Gasteiger partial charge is 0.416 e. The van der Waals surface area contributed by atoms with Crippen LogP contribution in [0.2, 0.25) is 0 Å². The molecule has 0 radical (unpaired) electrons. The Balaban J connectivity index is 1.52. The molecule has 2 aromatic carbocycles. The standard InChI is InChI=1S/C25H27F6IN2O2/c1-15(18-9-19(24(26,27)28)11-20(10-18)25(29,30)31)33-13-16-3-6-21(7-4-16)34-14-17-5-8-22(36-32)12-23(17)35-2/h5,8-12,16,21,33-34H,1,3-4,6-7,13-14H2,2H3. The van der Waals surface area contributed by atoms with Gasteiger partial charge in [-0.2, -0.15) is 26.3 Å². The first kappa shape index (κ1) is 28.4. The molecule has 2 N–H and O–H groups in total. The number of ether oxygens (including phenoxy) is 1. The highest BCUT2D eigenvalue weighted by atomic mass is 127. The van der Waals surface area contributed by atoms with E-state index in [9.17, 15) is 26.3 Å². The molecule has 0 aliphatic heterocycles. The third-order valence-electron chi connectivity index (χ3n) is 6.32. The number of halogens is 7. The van der Waals surface area contributed by atoms with Gasteiger partial charge in [-0.1, -0.05) is 12.6 Å². The Labute approximate surface area is 220 Å². The highest BCUT2D eigenvalue weighted by Crippen LogP contribution is 2.37. The van der Waals surface area contributed by atoms with Crippen molar-refractivity contribution in [2.45, 2.75) is 50.6 Å². The van der Waals surface area contributed by atoms with Crippen molar-refractivity contribution in [2.75, 3.05) is 13.7 Å². The summed E-state index contributed by atoms with van der Waals surface area (Å²) < 4.78 is 89.4. The molecule has 2 aromatic rings. The van der Waals surface area contributed by atoms with E-state index >= 15 is 0 Å². The summed E-state index contributed by atoms with van der Waals surface area (Å²) in [5.41, 5.74) is -1.88. The van der Waals surface area contributed by atoms with Gasteiger partial charge in [0.15, 0.2) is 23.0 Å². The van der Waals surface area contributed by atoms with Crippen molar-refractivity contribution in [2.24, 2.45) is 5.92 Å². The van der Waals surface area contributed by atoms with Gasteiger partial charge in [-0.25, -0.2) is 0 Å². The average Bonchev–Trinajstić information content (AvgIpc) is 2.85. The maximum atomic E-state index is 13.1. The maximum absolute atomic E-state index is 13.1. The van der Waals surface area contributed by atoms with E-state index in [0.29, 0.717) is 37.0 Å². The molecule has 11 heteroatoms. The van der Waals surface area contributed by atoms with Crippen LogP contribution in [0.15, 0.2) is 43.0 Å². The van der Waals surface area contributed by atoms with E-state index in [1.807, 2.05) is 41.2 Å². The lowest BCUT2D eigenvalue weighted by Crippen LogP contribution is -2.35. The summed E-state index contributed by atoms with van der Waals surface area (Å²) in [6.45, 7) is 4.74. The summed E-state index contributed by atoms with van der Waals surface area (Å²) in [4.78, 5) is 0. The average molecular weight is 628 g/mol. The molecule has 1 saturated carbocycles. The van der Waals surface area contributed by atoms with Gasteiger partial charge < -0.3 is 18.4 Å². The zero-order valence-corrected chi connectivity index (χ0v) is 21.7. The molecule has 1 aliphatic carbocycles. The summed E-state index contributed by atoms with van der Waals surface area (Å²) in [6.07, 6.45) is -6.25. The van der Waals surface area contributed by atoms with Crippen LogP contribution in [-0.2, 0) is 18.9 Å². The van der Waals surface area contributed by atoms with Gasteiger partial charge in [0, 0.05) is 36.5 Å². The lowest BCUT2D eigenvalue weighted by atomic mass is 9.85. The second-order valence-corrected chi connectivity index (χ2v) is 9.24. The second kappa shape index (κ2) is 11.9. The van der Waals surface area contributed by atoms with Crippen LogP contribution in [0, 0.1) is 5.92 Å². The van der Waals surface area contributed by atoms with E-state index in [4.69, 9.17) is 7.80 Å². The van der Waals surface area contributed by atoms with Crippen LogP contribution in [0.5, 0.6) is 11.5 Å². The van der Waals surface area contributed by atoms with Crippen molar-refractivity contribution >= 4 is 28.7 Å². The zero-order valence-electron chi connectivity index (χ0n) is 19.5. The van der Waals surface area contributed by atoms with Gasteiger partial charge in [-0.15, -0.1) is 0 Å². The summed E-state index contributed by atoms with van der Waals surface area (Å²) in [7, 11) is 1.60. The fourth-order valence-corrected chi connectivity index (χ4v) is 4.52. The molecular formula is C25H27F6IN2O2. The molecule has 0 aromatic heterocycles. The third-order valence-corrected chi connectivity index (χ3v) is 6.82. The van der Waals surface area contributed by atoms with E-state index in [0.717, 1.165) is 37.0 Å². The number of hydrogen-bond donors (Lipinski definition) is 2. The molecule has 0 atom stereocenters. The van der Waals surface area contributed by atoms with Crippen molar-refractivity contribution < 1.29 is 34.1 Å². The first-order chi connectivity index (χ1) is 16.9. The zero-order chi connectivity index (χ0) is 26.5. The van der Waals surface area contributed by atoms with E-state index in [-0.39, 0.29) is 23.2 Å². The highest BCUT2D eigenvalue weighted by Gasteiger charge is 2.37. The molecule has 36 heavy (non-hydrogen) atoms. The molecule has 0 saturated heterocycles. The van der Waals surface area contributed by atoms with Gasteiger partial charge in [-0.05, 0) is 61.4 Å². The minimum Gasteiger partial charge on any atom is -0.496 e. The van der Waals surface area contributed by atoms with Crippen LogP contribution >= 0.6 is 23.0 Å². The van der Waals surface area contributed by atoms with Crippen LogP contribution in [0.25, 0.3) is 5.70 Å². The van der Waals surface area contributed by atoms with Crippen molar-refractivity contribution in [1.82, 2.24) is 10.6 Å². The molecule has 198 valence electrons. The van der Waals surface area contributed by atoms with E-state index in [1.165, 1.54) is 0 Å². The van der Waals surface area contributed by atoms with Crippen LogP contribution in [-0.4, -0.2) is 19.7 Å². The van der Waals surface area contributed by atoms with Crippen molar-refractivity contribution in [1.29, 1.82) is 0 Å². The molecule has 0 bridgehead atoms. The van der Waals surface area contributed by atoms with Crippen LogP contribution in [0.4, 0.5) is 26.3 Å². The second-order valence-electron chi connectivity index (χ2n) is 8.80. The minimum absolute atomic E-state index is 0.0397. The normalized spacial score (nSPS) is 18.6. The Hall–Kier alpha value is -2.15. The Bertz CT molecular complexity index is 1020. The van der Waals surface area contributed by atoms with Crippen LogP contribution < -0.4 is 18.4 Å². The van der Waals surface area contributed by atoms with Crippen LogP contribution in [0.3, 0.4) is 0 Å². The van der Waals surface area contributed by atoms with Gasteiger partial charge in [0.1, 0.15) is 11.5 Å². The van der Waals surface area contributed by atoms with E-state index < -0.39 is 23.5 Å². The van der Waals surface area contributed by atoms with Crippen molar-refractivity contribution in [3.63, 3.8) is 0 Å². The Kier molecular flexibility index (Phi) is 9.42. The number of benzene rings is 2. The van der Waals surface area contributed by atoms with E-state index in [2.05, 4.69) is 17.2 Å². The molecule has 4 nitrogen and oxygen atoms in total. The highest BCUT2D eigenvalue weighted by molar-refractivity contribution is 14.1. The minimum atomic E-state index is -4.89. The number of nitrogens with one attached hydrogen (secondary N) is 2. The first-order valence-corrected chi connectivity index (χ1v) is 12.2.